The van der Waals surface area contributed by atoms with Gasteiger partial charge in [0.15, 0.2) is 5.76 Å². The van der Waals surface area contributed by atoms with Crippen molar-refractivity contribution in [2.24, 2.45) is 0 Å². The normalized spacial score (nSPS) is 15.8. The Morgan fingerprint density at radius 1 is 1.00 bits per heavy atom. The van der Waals surface area contributed by atoms with Crippen LogP contribution in [-0.4, -0.2) is 60.8 Å². The summed E-state index contributed by atoms with van der Waals surface area (Å²) in [7, 11) is 0. The second-order valence-electron chi connectivity index (χ2n) is 6.88. The van der Waals surface area contributed by atoms with Crippen LogP contribution in [-0.2, 0) is 4.79 Å². The Morgan fingerprint density at radius 2 is 1.62 bits per heavy atom. The smallest absolute Gasteiger partial charge is 0.238 e. The molecule has 1 amide bonds. The van der Waals surface area contributed by atoms with Crippen LogP contribution in [0.5, 0.6) is 0 Å². The summed E-state index contributed by atoms with van der Waals surface area (Å²) in [6.45, 7) is 7.84. The van der Waals surface area contributed by atoms with E-state index in [9.17, 15) is 9.59 Å². The Hall–Kier alpha value is -2.44. The quantitative estimate of drug-likeness (QED) is 0.806. The van der Waals surface area contributed by atoms with Crippen molar-refractivity contribution in [2.75, 3.05) is 44.6 Å². The second kappa shape index (κ2) is 8.29. The lowest BCUT2D eigenvalue weighted by atomic mass is 10.1. The summed E-state index contributed by atoms with van der Waals surface area (Å²) in [5.41, 5.74) is 3.11. The number of anilines is 1. The molecule has 0 radical (unpaired) electrons. The van der Waals surface area contributed by atoms with Crippen LogP contribution in [0.3, 0.4) is 0 Å². The number of rotatable bonds is 6. The molecule has 1 aliphatic heterocycles. The summed E-state index contributed by atoms with van der Waals surface area (Å²) in [6.07, 6.45) is 1.51. The fourth-order valence-corrected chi connectivity index (χ4v) is 3.27. The highest BCUT2D eigenvalue weighted by Crippen LogP contribution is 2.14. The Kier molecular flexibility index (Phi) is 5.85. The van der Waals surface area contributed by atoms with Crippen LogP contribution in [0.15, 0.2) is 41.0 Å². The van der Waals surface area contributed by atoms with Crippen LogP contribution in [0.25, 0.3) is 0 Å². The van der Waals surface area contributed by atoms with Crippen molar-refractivity contribution < 1.29 is 14.0 Å². The van der Waals surface area contributed by atoms with E-state index in [1.54, 1.807) is 12.1 Å². The summed E-state index contributed by atoms with van der Waals surface area (Å²) in [5, 5.41) is 2.97. The number of hydrogen-bond acceptors (Lipinski definition) is 5. The molecule has 0 atom stereocenters. The third kappa shape index (κ3) is 5.03. The average Bonchev–Trinajstić information content (AvgIpc) is 3.10. The maximum atomic E-state index is 12.3. The summed E-state index contributed by atoms with van der Waals surface area (Å²) < 4.78 is 5.14. The first-order chi connectivity index (χ1) is 12.5. The number of aryl methyl sites for hydroxylation is 2. The monoisotopic (exact) mass is 355 g/mol. The van der Waals surface area contributed by atoms with Crippen LogP contribution < -0.4 is 5.32 Å². The minimum atomic E-state index is -0.00453. The van der Waals surface area contributed by atoms with Crippen molar-refractivity contribution >= 4 is 17.4 Å². The van der Waals surface area contributed by atoms with E-state index in [2.05, 4.69) is 21.2 Å². The van der Waals surface area contributed by atoms with E-state index in [0.29, 0.717) is 18.8 Å². The minimum Gasteiger partial charge on any atom is -0.461 e. The SMILES string of the molecule is Cc1cc(C)cc(NC(=O)CN2CCN(CC(=O)c3ccco3)CC2)c1. The summed E-state index contributed by atoms with van der Waals surface area (Å²) >= 11 is 0. The van der Waals surface area contributed by atoms with Gasteiger partial charge in [-0.2, -0.15) is 0 Å². The van der Waals surface area contributed by atoms with Crippen molar-refractivity contribution in [1.82, 2.24) is 9.80 Å². The highest BCUT2D eigenvalue weighted by Gasteiger charge is 2.21. The van der Waals surface area contributed by atoms with Crippen molar-refractivity contribution in [3.63, 3.8) is 0 Å². The molecule has 26 heavy (non-hydrogen) atoms. The molecular formula is C20H25N3O3. The molecule has 1 aromatic heterocycles. The Labute approximate surface area is 153 Å². The Morgan fingerprint density at radius 3 is 2.19 bits per heavy atom. The molecule has 2 aromatic rings. The molecule has 6 heteroatoms. The van der Waals surface area contributed by atoms with Crippen molar-refractivity contribution in [2.45, 2.75) is 13.8 Å². The highest BCUT2D eigenvalue weighted by molar-refractivity contribution is 5.95. The van der Waals surface area contributed by atoms with Gasteiger partial charge in [0.05, 0.1) is 19.4 Å². The fraction of sp³-hybridized carbons (Fsp3) is 0.400. The topological polar surface area (TPSA) is 65.8 Å². The van der Waals surface area contributed by atoms with Crippen LogP contribution in [0.2, 0.25) is 0 Å². The first kappa shape index (κ1) is 18.4. The van der Waals surface area contributed by atoms with Gasteiger partial charge in [-0.25, -0.2) is 0 Å². The first-order valence-corrected chi connectivity index (χ1v) is 8.89. The molecule has 0 unspecified atom stereocenters. The zero-order chi connectivity index (χ0) is 18.5. The molecule has 6 nitrogen and oxygen atoms in total. The van der Waals surface area contributed by atoms with E-state index in [0.717, 1.165) is 43.0 Å². The number of nitrogens with one attached hydrogen (secondary N) is 1. The van der Waals surface area contributed by atoms with Gasteiger partial charge in [0, 0.05) is 31.9 Å². The van der Waals surface area contributed by atoms with Gasteiger partial charge in [0.1, 0.15) is 0 Å². The van der Waals surface area contributed by atoms with Gasteiger partial charge in [-0.05, 0) is 49.2 Å². The largest absolute Gasteiger partial charge is 0.461 e. The third-order valence-corrected chi connectivity index (χ3v) is 4.50. The molecule has 1 N–H and O–H groups in total. The van der Waals surface area contributed by atoms with Crippen LogP contribution >= 0.6 is 0 Å². The van der Waals surface area contributed by atoms with Gasteiger partial charge >= 0.3 is 0 Å². The van der Waals surface area contributed by atoms with Crippen LogP contribution in [0.1, 0.15) is 21.7 Å². The second-order valence-corrected chi connectivity index (χ2v) is 6.88. The molecule has 0 saturated carbocycles. The van der Waals surface area contributed by atoms with Crippen molar-refractivity contribution in [3.05, 3.63) is 53.5 Å². The molecule has 0 bridgehead atoms. The molecule has 3 rings (SSSR count). The van der Waals surface area contributed by atoms with Gasteiger partial charge in [-0.1, -0.05) is 6.07 Å². The van der Waals surface area contributed by atoms with E-state index < -0.39 is 0 Å². The third-order valence-electron chi connectivity index (χ3n) is 4.50. The molecule has 1 aromatic carbocycles. The number of hydrogen-bond donors (Lipinski definition) is 1. The molecule has 2 heterocycles. The number of piperazine rings is 1. The van der Waals surface area contributed by atoms with Crippen LogP contribution in [0.4, 0.5) is 5.69 Å². The number of benzene rings is 1. The summed E-state index contributed by atoms with van der Waals surface area (Å²) in [5.74, 6) is 0.395. The van der Waals surface area contributed by atoms with E-state index >= 15 is 0 Å². The minimum absolute atomic E-state index is 0.00369. The zero-order valence-corrected chi connectivity index (χ0v) is 15.3. The standard InChI is InChI=1S/C20H25N3O3/c1-15-10-16(2)12-17(11-15)21-20(25)14-23-7-5-22(6-8-23)13-18(24)19-4-3-9-26-19/h3-4,9-12H,5-8,13-14H2,1-2H3,(H,21,25). The van der Waals surface area contributed by atoms with E-state index in [4.69, 9.17) is 4.42 Å². The number of ketones is 1. The van der Waals surface area contributed by atoms with E-state index in [-0.39, 0.29) is 11.7 Å². The zero-order valence-electron chi connectivity index (χ0n) is 15.3. The van der Waals surface area contributed by atoms with Crippen molar-refractivity contribution in [3.8, 4) is 0 Å². The lowest BCUT2D eigenvalue weighted by Gasteiger charge is -2.33. The van der Waals surface area contributed by atoms with Gasteiger partial charge in [0.25, 0.3) is 0 Å². The summed E-state index contributed by atoms with van der Waals surface area (Å²) in [4.78, 5) is 28.6. The number of carbonyl (C=O) groups excluding carboxylic acids is 2. The van der Waals surface area contributed by atoms with Crippen LogP contribution in [0, 0.1) is 13.8 Å². The Bertz CT molecular complexity index is 742. The first-order valence-electron chi connectivity index (χ1n) is 8.89. The summed E-state index contributed by atoms with van der Waals surface area (Å²) in [6, 6.07) is 9.44. The van der Waals surface area contributed by atoms with Gasteiger partial charge in [0.2, 0.25) is 11.7 Å². The predicted octanol–water partition coefficient (Wildman–Crippen LogP) is 2.34. The average molecular weight is 355 g/mol. The molecule has 0 aliphatic carbocycles. The number of carbonyl (C=O) groups is 2. The molecule has 1 saturated heterocycles. The molecule has 0 spiro atoms. The molecule has 1 fully saturated rings. The van der Waals surface area contributed by atoms with Gasteiger partial charge in [-0.15, -0.1) is 0 Å². The van der Waals surface area contributed by atoms with Gasteiger partial charge in [-0.3, -0.25) is 19.4 Å². The maximum absolute atomic E-state index is 12.3. The molecule has 138 valence electrons. The Balaban J connectivity index is 1.43. The number of nitrogens with zero attached hydrogens (tertiary/aromatic N) is 2. The fourth-order valence-electron chi connectivity index (χ4n) is 3.27. The lowest BCUT2D eigenvalue weighted by Crippen LogP contribution is -2.49. The molecule has 1 aliphatic rings. The number of furan rings is 1. The number of amides is 1. The van der Waals surface area contributed by atoms with Crippen molar-refractivity contribution in [1.29, 1.82) is 0 Å². The van der Waals surface area contributed by atoms with E-state index in [1.807, 2.05) is 26.0 Å². The van der Waals surface area contributed by atoms with E-state index in [1.165, 1.54) is 6.26 Å². The maximum Gasteiger partial charge on any atom is 0.238 e. The number of Topliss-reactive ketones (excluding diaryl/α,β-unsaturated/α-hetero) is 1. The lowest BCUT2D eigenvalue weighted by molar-refractivity contribution is -0.117. The highest BCUT2D eigenvalue weighted by atomic mass is 16.3. The molecular weight excluding hydrogens is 330 g/mol. The predicted molar refractivity (Wildman–Crippen MR) is 100 cm³/mol. The van der Waals surface area contributed by atoms with Gasteiger partial charge < -0.3 is 9.73 Å².